The number of nitrogens with zero attached hydrogens (tertiary/aromatic N) is 3. The van der Waals surface area contributed by atoms with Crippen LogP contribution in [0.15, 0.2) is 40.9 Å². The third kappa shape index (κ3) is 4.40. The number of anilines is 1. The van der Waals surface area contributed by atoms with Crippen molar-refractivity contribution in [1.82, 2.24) is 14.8 Å². The van der Waals surface area contributed by atoms with Crippen molar-refractivity contribution < 1.29 is 4.79 Å². The Bertz CT molecular complexity index is 891. The number of hydrogen-bond acceptors (Lipinski definition) is 5. The molecular weight excluding hydrogens is 411 g/mol. The minimum Gasteiger partial charge on any atom is -0.325 e. The zero-order valence-corrected chi connectivity index (χ0v) is 17.2. The fraction of sp³-hybridized carbons (Fsp3) is 0.235. The SMILES string of the molecule is CCn1c(S[C@@H](C)C(=O)Nc2cc(Cl)cc(Cl)c2)nnc1-c1cccs1. The molecular formula is C17H16Cl2N4OS2. The van der Waals surface area contributed by atoms with Gasteiger partial charge in [0.15, 0.2) is 11.0 Å². The highest BCUT2D eigenvalue weighted by atomic mass is 35.5. The first kappa shape index (κ1) is 19.2. The molecule has 3 aromatic rings. The van der Waals surface area contributed by atoms with E-state index in [0.29, 0.717) is 20.9 Å². The molecule has 3 rings (SSSR count). The molecule has 0 unspecified atom stereocenters. The van der Waals surface area contributed by atoms with E-state index in [1.54, 1.807) is 29.5 Å². The van der Waals surface area contributed by atoms with Crippen molar-refractivity contribution >= 4 is 57.9 Å². The summed E-state index contributed by atoms with van der Waals surface area (Å²) in [6, 6.07) is 8.92. The van der Waals surface area contributed by atoms with E-state index in [1.807, 2.05) is 35.9 Å². The molecule has 0 aliphatic carbocycles. The van der Waals surface area contributed by atoms with E-state index in [2.05, 4.69) is 15.5 Å². The van der Waals surface area contributed by atoms with Crippen LogP contribution in [0.4, 0.5) is 5.69 Å². The van der Waals surface area contributed by atoms with E-state index >= 15 is 0 Å². The zero-order valence-electron chi connectivity index (χ0n) is 14.1. The van der Waals surface area contributed by atoms with E-state index < -0.39 is 0 Å². The standard InChI is InChI=1S/C17H16Cl2N4OS2/c1-3-23-15(14-5-4-6-25-14)21-22-17(23)26-10(2)16(24)20-13-8-11(18)7-12(19)9-13/h4-10H,3H2,1-2H3,(H,20,24)/t10-/m0/s1. The maximum absolute atomic E-state index is 12.5. The maximum Gasteiger partial charge on any atom is 0.237 e. The molecule has 2 heterocycles. The van der Waals surface area contributed by atoms with Crippen molar-refractivity contribution in [2.45, 2.75) is 30.8 Å². The Labute approximate surface area is 169 Å². The number of carbonyl (C=O) groups is 1. The number of amides is 1. The van der Waals surface area contributed by atoms with Crippen LogP contribution in [-0.4, -0.2) is 25.9 Å². The van der Waals surface area contributed by atoms with Crippen molar-refractivity contribution in [2.75, 3.05) is 5.32 Å². The van der Waals surface area contributed by atoms with Crippen molar-refractivity contribution in [1.29, 1.82) is 0 Å². The molecule has 0 spiro atoms. The predicted octanol–water partition coefficient (Wildman–Crippen LogP) is 5.45. The van der Waals surface area contributed by atoms with Crippen LogP contribution in [0.5, 0.6) is 0 Å². The van der Waals surface area contributed by atoms with Gasteiger partial charge in [-0.2, -0.15) is 0 Å². The number of hydrogen-bond donors (Lipinski definition) is 1. The number of thiophene rings is 1. The van der Waals surface area contributed by atoms with Crippen LogP contribution in [-0.2, 0) is 11.3 Å². The van der Waals surface area contributed by atoms with Gasteiger partial charge in [-0.05, 0) is 43.5 Å². The summed E-state index contributed by atoms with van der Waals surface area (Å²) in [7, 11) is 0. The Kier molecular flexibility index (Phi) is 6.24. The summed E-state index contributed by atoms with van der Waals surface area (Å²) in [6.07, 6.45) is 0. The number of rotatable bonds is 6. The number of aromatic nitrogens is 3. The summed E-state index contributed by atoms with van der Waals surface area (Å²) >= 11 is 14.9. The lowest BCUT2D eigenvalue weighted by Gasteiger charge is -2.13. The van der Waals surface area contributed by atoms with Gasteiger partial charge in [0.25, 0.3) is 0 Å². The molecule has 0 saturated heterocycles. The van der Waals surface area contributed by atoms with Gasteiger partial charge in [0.2, 0.25) is 5.91 Å². The molecule has 0 saturated carbocycles. The van der Waals surface area contributed by atoms with Crippen LogP contribution in [0, 0.1) is 0 Å². The molecule has 0 radical (unpaired) electrons. The Morgan fingerprint density at radius 1 is 1.31 bits per heavy atom. The number of thioether (sulfide) groups is 1. The van der Waals surface area contributed by atoms with Gasteiger partial charge < -0.3 is 9.88 Å². The minimum absolute atomic E-state index is 0.156. The van der Waals surface area contributed by atoms with Crippen LogP contribution >= 0.6 is 46.3 Å². The van der Waals surface area contributed by atoms with Gasteiger partial charge in [0.1, 0.15) is 0 Å². The summed E-state index contributed by atoms with van der Waals surface area (Å²) in [4.78, 5) is 13.6. The lowest BCUT2D eigenvalue weighted by atomic mass is 10.3. The van der Waals surface area contributed by atoms with Gasteiger partial charge in [-0.25, -0.2) is 0 Å². The van der Waals surface area contributed by atoms with Gasteiger partial charge >= 0.3 is 0 Å². The van der Waals surface area contributed by atoms with Crippen molar-refractivity contribution in [3.05, 3.63) is 45.8 Å². The molecule has 136 valence electrons. The maximum atomic E-state index is 12.5. The summed E-state index contributed by atoms with van der Waals surface area (Å²) in [5.41, 5.74) is 0.566. The highest BCUT2D eigenvalue weighted by Gasteiger charge is 2.21. The number of carbonyl (C=O) groups excluding carboxylic acids is 1. The van der Waals surface area contributed by atoms with Crippen LogP contribution in [0.1, 0.15) is 13.8 Å². The summed E-state index contributed by atoms with van der Waals surface area (Å²) < 4.78 is 2.01. The van der Waals surface area contributed by atoms with Gasteiger partial charge in [-0.15, -0.1) is 21.5 Å². The summed E-state index contributed by atoms with van der Waals surface area (Å²) in [5.74, 6) is 0.663. The molecule has 1 aromatic carbocycles. The Balaban J connectivity index is 1.73. The molecule has 0 bridgehead atoms. The number of nitrogens with one attached hydrogen (secondary N) is 1. The topological polar surface area (TPSA) is 59.8 Å². The third-order valence-corrected chi connectivity index (χ3v) is 5.94. The van der Waals surface area contributed by atoms with Crippen LogP contribution in [0.3, 0.4) is 0 Å². The van der Waals surface area contributed by atoms with Crippen molar-refractivity contribution in [3.8, 4) is 10.7 Å². The van der Waals surface area contributed by atoms with Gasteiger partial charge in [0, 0.05) is 22.3 Å². The van der Waals surface area contributed by atoms with E-state index in [0.717, 1.165) is 17.2 Å². The Morgan fingerprint density at radius 3 is 2.65 bits per heavy atom. The van der Waals surface area contributed by atoms with E-state index in [-0.39, 0.29) is 11.2 Å². The molecule has 5 nitrogen and oxygen atoms in total. The fourth-order valence-corrected chi connectivity index (χ4v) is 4.49. The average molecular weight is 427 g/mol. The largest absolute Gasteiger partial charge is 0.325 e. The van der Waals surface area contributed by atoms with E-state index in [1.165, 1.54) is 11.8 Å². The first-order chi connectivity index (χ1) is 12.5. The van der Waals surface area contributed by atoms with Crippen molar-refractivity contribution in [3.63, 3.8) is 0 Å². The average Bonchev–Trinajstić information content (AvgIpc) is 3.22. The second-order valence-corrected chi connectivity index (χ2v) is 8.56. The number of benzene rings is 1. The second kappa shape index (κ2) is 8.43. The van der Waals surface area contributed by atoms with Crippen LogP contribution in [0.25, 0.3) is 10.7 Å². The summed E-state index contributed by atoms with van der Waals surface area (Å²) in [6.45, 7) is 4.58. The molecule has 0 fully saturated rings. The highest BCUT2D eigenvalue weighted by molar-refractivity contribution is 8.00. The monoisotopic (exact) mass is 426 g/mol. The van der Waals surface area contributed by atoms with E-state index in [4.69, 9.17) is 23.2 Å². The fourth-order valence-electron chi connectivity index (χ4n) is 2.33. The first-order valence-electron chi connectivity index (χ1n) is 7.88. The normalized spacial score (nSPS) is 12.2. The van der Waals surface area contributed by atoms with Gasteiger partial charge in [-0.1, -0.05) is 41.0 Å². The second-order valence-electron chi connectivity index (χ2n) is 5.44. The lowest BCUT2D eigenvalue weighted by Crippen LogP contribution is -2.23. The van der Waals surface area contributed by atoms with Gasteiger partial charge in [-0.3, -0.25) is 4.79 Å². The quantitative estimate of drug-likeness (QED) is 0.532. The van der Waals surface area contributed by atoms with Crippen LogP contribution < -0.4 is 5.32 Å². The summed E-state index contributed by atoms with van der Waals surface area (Å²) in [5, 5.41) is 14.7. The predicted molar refractivity (Wildman–Crippen MR) is 109 cm³/mol. The Hall–Kier alpha value is -1.54. The van der Waals surface area contributed by atoms with Crippen molar-refractivity contribution in [2.24, 2.45) is 0 Å². The molecule has 26 heavy (non-hydrogen) atoms. The highest BCUT2D eigenvalue weighted by Crippen LogP contribution is 2.30. The first-order valence-corrected chi connectivity index (χ1v) is 10.4. The minimum atomic E-state index is -0.363. The molecule has 9 heteroatoms. The third-order valence-electron chi connectivity index (χ3n) is 3.56. The molecule has 0 aliphatic rings. The van der Waals surface area contributed by atoms with Crippen LogP contribution in [0.2, 0.25) is 10.0 Å². The van der Waals surface area contributed by atoms with Gasteiger partial charge in [0.05, 0.1) is 10.1 Å². The van der Waals surface area contributed by atoms with E-state index in [9.17, 15) is 4.79 Å². The molecule has 0 aliphatic heterocycles. The molecule has 1 amide bonds. The Morgan fingerprint density at radius 2 is 2.04 bits per heavy atom. The molecule has 1 atom stereocenters. The number of halogens is 2. The molecule has 1 N–H and O–H groups in total. The smallest absolute Gasteiger partial charge is 0.237 e. The lowest BCUT2D eigenvalue weighted by molar-refractivity contribution is -0.115. The zero-order chi connectivity index (χ0) is 18.7. The molecule has 2 aromatic heterocycles.